The van der Waals surface area contributed by atoms with Gasteiger partial charge in [-0.25, -0.2) is 9.36 Å². The van der Waals surface area contributed by atoms with E-state index in [9.17, 15) is 9.59 Å². The molecule has 0 saturated heterocycles. The lowest BCUT2D eigenvalue weighted by molar-refractivity contribution is 0.328. The van der Waals surface area contributed by atoms with E-state index in [0.29, 0.717) is 55.4 Å². The molecule has 0 bridgehead atoms. The largest absolute Gasteiger partial charge is 0.493 e. The Bertz CT molecular complexity index is 1730. The van der Waals surface area contributed by atoms with Crippen LogP contribution in [0.3, 0.4) is 0 Å². The van der Waals surface area contributed by atoms with Crippen LogP contribution in [0.25, 0.3) is 11.4 Å². The fraction of sp³-hybridized carbons (Fsp3) is 0.161. The summed E-state index contributed by atoms with van der Waals surface area (Å²) in [6.07, 6.45) is 5.40. The van der Waals surface area contributed by atoms with Crippen molar-refractivity contribution in [2.24, 2.45) is 0 Å². The van der Waals surface area contributed by atoms with Gasteiger partial charge in [-0.05, 0) is 71.7 Å². The number of H-pyrrole nitrogens is 2. The third-order valence-electron chi connectivity index (χ3n) is 6.73. The summed E-state index contributed by atoms with van der Waals surface area (Å²) in [5, 5.41) is 6.41. The molecule has 202 valence electrons. The SMILES string of the molecule is C#CCOc1c(Br)cc(C(c2c(C)[nH]n(-c3ccccc3)c2=O)c2c(C)[nH]n(-c3ccccc3)c2=O)cc1OC. The monoisotopic (exact) mass is 598 g/mol. The van der Waals surface area contributed by atoms with Gasteiger partial charge in [-0.3, -0.25) is 19.8 Å². The summed E-state index contributed by atoms with van der Waals surface area (Å²) >= 11 is 3.58. The predicted molar refractivity (Wildman–Crippen MR) is 158 cm³/mol. The first-order valence-corrected chi connectivity index (χ1v) is 13.3. The van der Waals surface area contributed by atoms with Crippen molar-refractivity contribution in [3.63, 3.8) is 0 Å². The van der Waals surface area contributed by atoms with E-state index in [1.54, 1.807) is 6.07 Å². The van der Waals surface area contributed by atoms with Gasteiger partial charge in [0.1, 0.15) is 6.61 Å². The number of nitrogens with zero attached hydrogens (tertiary/aromatic N) is 2. The third-order valence-corrected chi connectivity index (χ3v) is 7.31. The molecule has 0 aliphatic carbocycles. The van der Waals surface area contributed by atoms with Crippen molar-refractivity contribution in [3.05, 3.63) is 126 Å². The molecule has 0 unspecified atom stereocenters. The van der Waals surface area contributed by atoms with Crippen LogP contribution in [-0.2, 0) is 0 Å². The topological polar surface area (TPSA) is 94.0 Å². The number of aromatic nitrogens is 4. The fourth-order valence-corrected chi connectivity index (χ4v) is 5.53. The quantitative estimate of drug-likeness (QED) is 0.239. The van der Waals surface area contributed by atoms with Crippen molar-refractivity contribution in [3.8, 4) is 35.2 Å². The second kappa shape index (κ2) is 11.2. The Balaban J connectivity index is 1.79. The van der Waals surface area contributed by atoms with Crippen molar-refractivity contribution in [2.75, 3.05) is 13.7 Å². The van der Waals surface area contributed by atoms with E-state index in [2.05, 4.69) is 32.0 Å². The maximum atomic E-state index is 14.0. The Morgan fingerprint density at radius 2 is 1.38 bits per heavy atom. The standard InChI is InChI=1S/C31H27BrN4O4/c1-5-16-40-29-24(32)17-21(18-25(29)39-4)28(26-19(2)33-35(30(26)37)22-12-8-6-9-13-22)27-20(3)34-36(31(27)38)23-14-10-7-11-15-23/h1,6-15,17-18,28,33-34H,16H2,2-4H3. The van der Waals surface area contributed by atoms with Crippen LogP contribution in [0.4, 0.5) is 0 Å². The zero-order chi connectivity index (χ0) is 28.4. The fourth-order valence-electron chi connectivity index (χ4n) is 4.95. The first-order chi connectivity index (χ1) is 19.3. The second-order valence-electron chi connectivity index (χ2n) is 9.21. The zero-order valence-electron chi connectivity index (χ0n) is 22.2. The van der Waals surface area contributed by atoms with Crippen LogP contribution in [-0.4, -0.2) is 33.3 Å². The molecule has 0 spiro atoms. The van der Waals surface area contributed by atoms with E-state index in [1.807, 2.05) is 80.6 Å². The summed E-state index contributed by atoms with van der Waals surface area (Å²) in [4.78, 5) is 28.1. The number of hydrogen-bond donors (Lipinski definition) is 2. The molecule has 5 aromatic rings. The molecular formula is C31H27BrN4O4. The molecule has 2 heterocycles. The van der Waals surface area contributed by atoms with Gasteiger partial charge in [-0.15, -0.1) is 6.42 Å². The van der Waals surface area contributed by atoms with Crippen molar-refractivity contribution in [2.45, 2.75) is 19.8 Å². The first-order valence-electron chi connectivity index (χ1n) is 12.5. The number of methoxy groups -OCH3 is 1. The normalized spacial score (nSPS) is 11.0. The van der Waals surface area contributed by atoms with Gasteiger partial charge in [0.15, 0.2) is 11.5 Å². The molecule has 5 rings (SSSR count). The number of halogens is 1. The highest BCUT2D eigenvalue weighted by atomic mass is 79.9. The number of aromatic amines is 2. The maximum Gasteiger partial charge on any atom is 0.275 e. The van der Waals surface area contributed by atoms with E-state index in [1.165, 1.54) is 16.5 Å². The zero-order valence-corrected chi connectivity index (χ0v) is 23.8. The van der Waals surface area contributed by atoms with Crippen molar-refractivity contribution in [1.82, 2.24) is 19.6 Å². The van der Waals surface area contributed by atoms with Crippen molar-refractivity contribution in [1.29, 1.82) is 0 Å². The molecule has 0 radical (unpaired) electrons. The highest BCUT2D eigenvalue weighted by molar-refractivity contribution is 9.10. The summed E-state index contributed by atoms with van der Waals surface area (Å²) in [5.41, 5.74) is 3.65. The second-order valence-corrected chi connectivity index (χ2v) is 10.1. The summed E-state index contributed by atoms with van der Waals surface area (Å²) < 4.78 is 14.9. The molecule has 8 nitrogen and oxygen atoms in total. The summed E-state index contributed by atoms with van der Waals surface area (Å²) in [6, 6.07) is 22.2. The van der Waals surface area contributed by atoms with Crippen LogP contribution in [0.2, 0.25) is 0 Å². The van der Waals surface area contributed by atoms with E-state index < -0.39 is 5.92 Å². The molecule has 0 saturated carbocycles. The van der Waals surface area contributed by atoms with Gasteiger partial charge in [0, 0.05) is 17.3 Å². The maximum absolute atomic E-state index is 14.0. The predicted octanol–water partition coefficient (Wildman–Crippen LogP) is 5.22. The molecule has 3 aromatic carbocycles. The molecule has 0 fully saturated rings. The Labute approximate surface area is 239 Å². The summed E-state index contributed by atoms with van der Waals surface area (Å²) in [5.74, 6) is 2.56. The molecule has 40 heavy (non-hydrogen) atoms. The van der Waals surface area contributed by atoms with Crippen LogP contribution in [0, 0.1) is 26.2 Å². The first kappa shape index (κ1) is 26.9. The third kappa shape index (κ3) is 4.78. The minimum Gasteiger partial charge on any atom is -0.493 e. The molecule has 0 aliphatic heterocycles. The number of terminal acetylenes is 1. The highest BCUT2D eigenvalue weighted by Gasteiger charge is 2.32. The number of nitrogens with one attached hydrogen (secondary N) is 2. The van der Waals surface area contributed by atoms with Crippen LogP contribution in [0.15, 0.2) is 86.9 Å². The summed E-state index contributed by atoms with van der Waals surface area (Å²) in [7, 11) is 1.52. The lowest BCUT2D eigenvalue weighted by atomic mass is 9.85. The van der Waals surface area contributed by atoms with Gasteiger partial charge in [-0.1, -0.05) is 42.3 Å². The van der Waals surface area contributed by atoms with Gasteiger partial charge in [0.05, 0.1) is 34.1 Å². The Morgan fingerprint density at radius 3 is 1.82 bits per heavy atom. The minimum absolute atomic E-state index is 0.0507. The van der Waals surface area contributed by atoms with Crippen LogP contribution >= 0.6 is 15.9 Å². The van der Waals surface area contributed by atoms with Crippen molar-refractivity contribution >= 4 is 15.9 Å². The number of aryl methyl sites for hydroxylation is 2. The van der Waals surface area contributed by atoms with Crippen LogP contribution < -0.4 is 20.6 Å². The molecule has 0 amide bonds. The van der Waals surface area contributed by atoms with E-state index in [4.69, 9.17) is 15.9 Å². The molecule has 2 aromatic heterocycles. The van der Waals surface area contributed by atoms with E-state index in [0.717, 1.165) is 0 Å². The number of ether oxygens (including phenoxy) is 2. The van der Waals surface area contributed by atoms with Crippen LogP contribution in [0.5, 0.6) is 11.5 Å². The molecule has 0 aliphatic rings. The summed E-state index contributed by atoms with van der Waals surface area (Å²) in [6.45, 7) is 3.71. The number of hydrogen-bond acceptors (Lipinski definition) is 4. The Hall–Kier alpha value is -4.68. The van der Waals surface area contributed by atoms with Gasteiger partial charge in [0.2, 0.25) is 0 Å². The average molecular weight is 599 g/mol. The number of para-hydroxylation sites is 2. The smallest absolute Gasteiger partial charge is 0.275 e. The number of rotatable bonds is 8. The lowest BCUT2D eigenvalue weighted by Crippen LogP contribution is -2.25. The van der Waals surface area contributed by atoms with Crippen LogP contribution in [0.1, 0.15) is 34.0 Å². The van der Waals surface area contributed by atoms with Crippen molar-refractivity contribution < 1.29 is 9.47 Å². The highest BCUT2D eigenvalue weighted by Crippen LogP contribution is 2.42. The van der Waals surface area contributed by atoms with E-state index in [-0.39, 0.29) is 17.7 Å². The Morgan fingerprint density at radius 1 is 0.875 bits per heavy atom. The molecule has 9 heteroatoms. The van der Waals surface area contributed by atoms with Gasteiger partial charge < -0.3 is 9.47 Å². The van der Waals surface area contributed by atoms with Gasteiger partial charge in [-0.2, -0.15) is 0 Å². The van der Waals surface area contributed by atoms with E-state index >= 15 is 0 Å². The average Bonchev–Trinajstić information content (AvgIpc) is 3.43. The molecular weight excluding hydrogens is 572 g/mol. The Kier molecular flexibility index (Phi) is 7.54. The van der Waals surface area contributed by atoms with Gasteiger partial charge >= 0.3 is 0 Å². The minimum atomic E-state index is -0.741. The van der Waals surface area contributed by atoms with Gasteiger partial charge in [0.25, 0.3) is 11.1 Å². The molecule has 2 N–H and O–H groups in total. The molecule has 0 atom stereocenters. The number of benzene rings is 3. The lowest BCUT2D eigenvalue weighted by Gasteiger charge is -2.19.